The quantitative estimate of drug-likeness (QED) is 0.621. The lowest BCUT2D eigenvalue weighted by atomic mass is 9.79. The van der Waals surface area contributed by atoms with E-state index < -0.39 is 11.3 Å². The Morgan fingerprint density at radius 1 is 1.36 bits per heavy atom. The molecular formula is C15H21N7O3. The zero-order valence-electron chi connectivity index (χ0n) is 14.0. The second kappa shape index (κ2) is 7.01. The Kier molecular flexibility index (Phi) is 4.79. The average Bonchev–Trinajstić information content (AvgIpc) is 3.09. The van der Waals surface area contributed by atoms with Crippen molar-refractivity contribution >= 4 is 28.8 Å². The molecule has 1 aliphatic rings. The molecule has 0 unspecified atom stereocenters. The van der Waals surface area contributed by atoms with Crippen LogP contribution in [-0.4, -0.2) is 65.1 Å². The minimum absolute atomic E-state index is 0.0798. The predicted octanol–water partition coefficient (Wildman–Crippen LogP) is -0.813. The Morgan fingerprint density at radius 3 is 2.84 bits per heavy atom. The fourth-order valence-electron chi connectivity index (χ4n) is 2.93. The van der Waals surface area contributed by atoms with Crippen molar-refractivity contribution in [3.05, 3.63) is 12.7 Å². The van der Waals surface area contributed by atoms with Gasteiger partial charge in [0.15, 0.2) is 11.5 Å². The third-order valence-corrected chi connectivity index (χ3v) is 4.54. The highest BCUT2D eigenvalue weighted by molar-refractivity contribution is 5.87. The summed E-state index contributed by atoms with van der Waals surface area (Å²) in [6.07, 6.45) is 3.95. The Morgan fingerprint density at radius 2 is 2.12 bits per heavy atom. The number of carbonyl (C=O) groups excluding carboxylic acids is 2. The highest BCUT2D eigenvalue weighted by Gasteiger charge is 2.38. The molecule has 0 bridgehead atoms. The molecule has 1 aliphatic heterocycles. The Balaban J connectivity index is 1.62. The number of primary amides is 1. The van der Waals surface area contributed by atoms with Crippen LogP contribution in [0.4, 0.5) is 5.82 Å². The monoisotopic (exact) mass is 347 g/mol. The van der Waals surface area contributed by atoms with E-state index in [2.05, 4.69) is 25.3 Å². The average molecular weight is 347 g/mol. The first-order valence-corrected chi connectivity index (χ1v) is 8.01. The van der Waals surface area contributed by atoms with E-state index in [0.29, 0.717) is 43.0 Å². The molecular weight excluding hydrogens is 326 g/mol. The fraction of sp³-hybridized carbons (Fsp3) is 0.533. The molecule has 4 N–H and O–H groups in total. The summed E-state index contributed by atoms with van der Waals surface area (Å²) in [6, 6.07) is 0. The van der Waals surface area contributed by atoms with E-state index in [1.165, 1.54) is 12.7 Å². The molecule has 0 aromatic carbocycles. The number of nitrogens with zero attached hydrogens (tertiary/aromatic N) is 4. The summed E-state index contributed by atoms with van der Waals surface area (Å²) < 4.78 is 5.29. The molecule has 1 saturated heterocycles. The molecule has 2 amide bonds. The van der Waals surface area contributed by atoms with Crippen molar-refractivity contribution in [1.29, 1.82) is 0 Å². The van der Waals surface area contributed by atoms with Crippen LogP contribution in [0.3, 0.4) is 0 Å². The van der Waals surface area contributed by atoms with Crippen LogP contribution < -0.4 is 16.0 Å². The van der Waals surface area contributed by atoms with Gasteiger partial charge in [0.2, 0.25) is 11.8 Å². The number of fused-ring (bicyclic) bond motifs is 1. The van der Waals surface area contributed by atoms with E-state index in [1.807, 2.05) is 0 Å². The van der Waals surface area contributed by atoms with E-state index in [0.717, 1.165) is 0 Å². The zero-order chi connectivity index (χ0) is 17.9. The van der Waals surface area contributed by atoms with Crippen molar-refractivity contribution in [2.75, 3.05) is 38.3 Å². The van der Waals surface area contributed by atoms with Gasteiger partial charge in [-0.2, -0.15) is 0 Å². The zero-order valence-corrected chi connectivity index (χ0v) is 14.0. The lowest BCUT2D eigenvalue weighted by molar-refractivity contribution is -0.133. The maximum Gasteiger partial charge on any atom is 0.239 e. The van der Waals surface area contributed by atoms with E-state index in [-0.39, 0.29) is 19.0 Å². The predicted molar refractivity (Wildman–Crippen MR) is 89.6 cm³/mol. The minimum atomic E-state index is -0.738. The van der Waals surface area contributed by atoms with Crippen LogP contribution >= 0.6 is 0 Å². The number of anilines is 1. The van der Waals surface area contributed by atoms with Crippen LogP contribution in [0.25, 0.3) is 11.2 Å². The standard InChI is InChI=1S/C15H21N7O3/c1-22(13-11-12(19-8-18-11)20-9-21-13)6-10(23)17-7-15(14(16)24)2-4-25-5-3-15/h8-9H,2-7H2,1H3,(H2,16,24)(H,17,23)(H,18,19,20,21). The van der Waals surface area contributed by atoms with Gasteiger partial charge in [-0.15, -0.1) is 0 Å². The molecule has 2 aromatic rings. The van der Waals surface area contributed by atoms with E-state index in [4.69, 9.17) is 10.5 Å². The highest BCUT2D eigenvalue weighted by Crippen LogP contribution is 2.29. The summed E-state index contributed by atoms with van der Waals surface area (Å²) in [5.74, 6) is -0.0475. The molecule has 25 heavy (non-hydrogen) atoms. The molecule has 3 rings (SSSR count). The number of hydrogen-bond donors (Lipinski definition) is 3. The number of H-pyrrole nitrogens is 1. The van der Waals surface area contributed by atoms with Gasteiger partial charge >= 0.3 is 0 Å². The van der Waals surface area contributed by atoms with Gasteiger partial charge in [0.05, 0.1) is 18.3 Å². The van der Waals surface area contributed by atoms with Crippen LogP contribution in [-0.2, 0) is 14.3 Å². The summed E-state index contributed by atoms with van der Waals surface area (Å²) in [4.78, 5) is 41.1. The number of aromatic nitrogens is 4. The van der Waals surface area contributed by atoms with Gasteiger partial charge in [-0.25, -0.2) is 15.0 Å². The first-order valence-electron chi connectivity index (χ1n) is 8.01. The number of aromatic amines is 1. The maximum absolute atomic E-state index is 12.3. The van der Waals surface area contributed by atoms with E-state index in [1.54, 1.807) is 11.9 Å². The molecule has 3 heterocycles. The van der Waals surface area contributed by atoms with Crippen LogP contribution in [0.2, 0.25) is 0 Å². The van der Waals surface area contributed by atoms with Gasteiger partial charge in [-0.3, -0.25) is 9.59 Å². The third kappa shape index (κ3) is 3.53. The van der Waals surface area contributed by atoms with Gasteiger partial charge in [0.25, 0.3) is 0 Å². The number of carbonyl (C=O) groups is 2. The normalized spacial score (nSPS) is 16.5. The van der Waals surface area contributed by atoms with Crippen molar-refractivity contribution in [2.45, 2.75) is 12.8 Å². The summed E-state index contributed by atoms with van der Waals surface area (Å²) in [5.41, 5.74) is 6.01. The number of ether oxygens (including phenoxy) is 1. The van der Waals surface area contributed by atoms with Crippen molar-refractivity contribution in [1.82, 2.24) is 25.3 Å². The number of hydrogen-bond acceptors (Lipinski definition) is 7. The summed E-state index contributed by atoms with van der Waals surface area (Å²) in [6.45, 7) is 1.23. The maximum atomic E-state index is 12.3. The number of nitrogens with two attached hydrogens (primary N) is 1. The first kappa shape index (κ1) is 17.1. The van der Waals surface area contributed by atoms with Crippen LogP contribution in [0.1, 0.15) is 12.8 Å². The summed E-state index contributed by atoms with van der Waals surface area (Å²) in [5, 5.41) is 2.81. The van der Waals surface area contributed by atoms with E-state index in [9.17, 15) is 9.59 Å². The molecule has 0 radical (unpaired) electrons. The highest BCUT2D eigenvalue weighted by atomic mass is 16.5. The first-order chi connectivity index (χ1) is 12.0. The molecule has 134 valence electrons. The second-order valence-corrected chi connectivity index (χ2v) is 6.19. The minimum Gasteiger partial charge on any atom is -0.381 e. The number of likely N-dealkylation sites (N-methyl/N-ethyl adjacent to an activating group) is 1. The Bertz CT molecular complexity index is 769. The number of imidazole rings is 1. The molecule has 10 nitrogen and oxygen atoms in total. The smallest absolute Gasteiger partial charge is 0.239 e. The molecule has 0 saturated carbocycles. The topological polar surface area (TPSA) is 139 Å². The number of rotatable bonds is 6. The Hall–Kier alpha value is -2.75. The lowest BCUT2D eigenvalue weighted by Crippen LogP contribution is -2.50. The lowest BCUT2D eigenvalue weighted by Gasteiger charge is -2.34. The molecule has 0 atom stereocenters. The van der Waals surface area contributed by atoms with Gasteiger partial charge in [-0.1, -0.05) is 0 Å². The van der Waals surface area contributed by atoms with Gasteiger partial charge < -0.3 is 25.7 Å². The number of amides is 2. The second-order valence-electron chi connectivity index (χ2n) is 6.19. The van der Waals surface area contributed by atoms with Crippen LogP contribution in [0.15, 0.2) is 12.7 Å². The third-order valence-electron chi connectivity index (χ3n) is 4.54. The molecule has 0 aliphatic carbocycles. The molecule has 0 spiro atoms. The van der Waals surface area contributed by atoms with E-state index >= 15 is 0 Å². The largest absolute Gasteiger partial charge is 0.381 e. The summed E-state index contributed by atoms with van der Waals surface area (Å²) in [7, 11) is 1.75. The van der Waals surface area contributed by atoms with Crippen molar-refractivity contribution < 1.29 is 14.3 Å². The fourth-order valence-corrected chi connectivity index (χ4v) is 2.93. The van der Waals surface area contributed by atoms with Gasteiger partial charge in [0.1, 0.15) is 11.8 Å². The van der Waals surface area contributed by atoms with Gasteiger partial charge in [-0.05, 0) is 12.8 Å². The van der Waals surface area contributed by atoms with Gasteiger partial charge in [0, 0.05) is 26.8 Å². The molecule has 1 fully saturated rings. The van der Waals surface area contributed by atoms with Crippen LogP contribution in [0, 0.1) is 5.41 Å². The van der Waals surface area contributed by atoms with Crippen molar-refractivity contribution in [2.24, 2.45) is 11.1 Å². The number of nitrogens with one attached hydrogen (secondary N) is 2. The van der Waals surface area contributed by atoms with Crippen molar-refractivity contribution in [3.8, 4) is 0 Å². The Labute approximate surface area is 144 Å². The molecule has 2 aromatic heterocycles. The molecule has 10 heteroatoms. The summed E-state index contributed by atoms with van der Waals surface area (Å²) >= 11 is 0. The van der Waals surface area contributed by atoms with Crippen molar-refractivity contribution in [3.63, 3.8) is 0 Å². The van der Waals surface area contributed by atoms with Crippen LogP contribution in [0.5, 0.6) is 0 Å². The SMILES string of the molecule is CN(CC(=O)NCC1(C(N)=O)CCOCC1)c1ncnc2nc[nH]c12.